The van der Waals surface area contributed by atoms with E-state index in [1.807, 2.05) is 45.0 Å². The average Bonchev–Trinajstić information content (AvgIpc) is 2.58. The highest BCUT2D eigenvalue weighted by atomic mass is 16.6. The SMILES string of the molecule is CCOc1ccccc1OCC(=O)OCC(=O)Nc1cc(C)cc(C)c1. The van der Waals surface area contributed by atoms with E-state index in [-0.39, 0.29) is 13.2 Å². The summed E-state index contributed by atoms with van der Waals surface area (Å²) < 4.78 is 15.8. The van der Waals surface area contributed by atoms with E-state index in [1.54, 1.807) is 18.2 Å². The molecular weight excluding hydrogens is 334 g/mol. The third-order valence-corrected chi connectivity index (χ3v) is 3.36. The Bertz CT molecular complexity index is 752. The molecule has 0 aromatic heterocycles. The highest BCUT2D eigenvalue weighted by Gasteiger charge is 2.11. The molecule has 0 unspecified atom stereocenters. The predicted octanol–water partition coefficient (Wildman–Crippen LogP) is 3.26. The van der Waals surface area contributed by atoms with Crippen LogP contribution in [0.1, 0.15) is 18.1 Å². The van der Waals surface area contributed by atoms with Gasteiger partial charge >= 0.3 is 5.97 Å². The lowest BCUT2D eigenvalue weighted by Crippen LogP contribution is -2.23. The molecule has 2 aromatic rings. The van der Waals surface area contributed by atoms with Crippen LogP contribution in [0.5, 0.6) is 11.5 Å². The maximum absolute atomic E-state index is 11.9. The van der Waals surface area contributed by atoms with E-state index in [9.17, 15) is 9.59 Å². The molecule has 26 heavy (non-hydrogen) atoms. The van der Waals surface area contributed by atoms with Gasteiger partial charge < -0.3 is 19.5 Å². The summed E-state index contributed by atoms with van der Waals surface area (Å²) in [5.41, 5.74) is 2.75. The number of amides is 1. The molecule has 6 nitrogen and oxygen atoms in total. The van der Waals surface area contributed by atoms with Crippen LogP contribution in [0.15, 0.2) is 42.5 Å². The number of ether oxygens (including phenoxy) is 3. The number of aryl methyl sites for hydroxylation is 2. The molecule has 0 aliphatic carbocycles. The Morgan fingerprint density at radius 1 is 0.923 bits per heavy atom. The highest BCUT2D eigenvalue weighted by molar-refractivity contribution is 5.93. The number of carbonyl (C=O) groups is 2. The molecule has 0 bridgehead atoms. The van der Waals surface area contributed by atoms with Crippen LogP contribution in [0.2, 0.25) is 0 Å². The lowest BCUT2D eigenvalue weighted by molar-refractivity contribution is -0.149. The van der Waals surface area contributed by atoms with Gasteiger partial charge in [-0.15, -0.1) is 0 Å². The minimum Gasteiger partial charge on any atom is -0.490 e. The molecule has 0 aliphatic heterocycles. The Balaban J connectivity index is 1.79. The summed E-state index contributed by atoms with van der Waals surface area (Å²) in [6.07, 6.45) is 0. The molecule has 0 radical (unpaired) electrons. The van der Waals surface area contributed by atoms with E-state index in [1.165, 1.54) is 0 Å². The zero-order chi connectivity index (χ0) is 18.9. The number of rotatable bonds is 8. The first-order valence-corrected chi connectivity index (χ1v) is 8.36. The van der Waals surface area contributed by atoms with Gasteiger partial charge in [0.05, 0.1) is 6.61 Å². The lowest BCUT2D eigenvalue weighted by Gasteiger charge is -2.11. The van der Waals surface area contributed by atoms with Crippen LogP contribution in [0.4, 0.5) is 5.69 Å². The average molecular weight is 357 g/mol. The third kappa shape index (κ3) is 6.12. The molecular formula is C20H23NO5. The second-order valence-corrected chi connectivity index (χ2v) is 5.75. The summed E-state index contributed by atoms with van der Waals surface area (Å²) in [4.78, 5) is 23.7. The summed E-state index contributed by atoms with van der Waals surface area (Å²) in [5, 5.41) is 2.70. The topological polar surface area (TPSA) is 73.9 Å². The summed E-state index contributed by atoms with van der Waals surface area (Å²) in [5.74, 6) is -0.0358. The van der Waals surface area contributed by atoms with Crippen LogP contribution >= 0.6 is 0 Å². The number of hydrogen-bond donors (Lipinski definition) is 1. The first kappa shape index (κ1) is 19.3. The van der Waals surface area contributed by atoms with Gasteiger partial charge in [-0.2, -0.15) is 0 Å². The van der Waals surface area contributed by atoms with Gasteiger partial charge in [-0.1, -0.05) is 18.2 Å². The van der Waals surface area contributed by atoms with Gasteiger partial charge in [0.1, 0.15) is 0 Å². The van der Waals surface area contributed by atoms with Gasteiger partial charge in [-0.3, -0.25) is 4.79 Å². The second kappa shape index (κ2) is 9.46. The van der Waals surface area contributed by atoms with E-state index >= 15 is 0 Å². The van der Waals surface area contributed by atoms with Crippen LogP contribution in [0.25, 0.3) is 0 Å². The zero-order valence-corrected chi connectivity index (χ0v) is 15.2. The van der Waals surface area contributed by atoms with Crippen molar-refractivity contribution in [2.24, 2.45) is 0 Å². The van der Waals surface area contributed by atoms with Gasteiger partial charge in [0.2, 0.25) is 0 Å². The van der Waals surface area contributed by atoms with Crippen molar-refractivity contribution in [2.75, 3.05) is 25.1 Å². The smallest absolute Gasteiger partial charge is 0.344 e. The molecule has 2 aromatic carbocycles. The Morgan fingerprint density at radius 2 is 1.54 bits per heavy atom. The molecule has 0 spiro atoms. The van der Waals surface area contributed by atoms with Crippen molar-refractivity contribution in [3.63, 3.8) is 0 Å². The fourth-order valence-corrected chi connectivity index (χ4v) is 2.41. The molecule has 6 heteroatoms. The molecule has 0 atom stereocenters. The number of esters is 1. The predicted molar refractivity (Wildman–Crippen MR) is 98.6 cm³/mol. The molecule has 0 fully saturated rings. The summed E-state index contributed by atoms with van der Waals surface area (Å²) in [7, 11) is 0. The van der Waals surface area contributed by atoms with Gasteiger partial charge in [0.25, 0.3) is 5.91 Å². The summed E-state index contributed by atoms with van der Waals surface area (Å²) >= 11 is 0. The van der Waals surface area contributed by atoms with Gasteiger partial charge in [0.15, 0.2) is 24.7 Å². The molecule has 138 valence electrons. The molecule has 2 rings (SSSR count). The number of anilines is 1. The maximum atomic E-state index is 11.9. The largest absolute Gasteiger partial charge is 0.490 e. The van der Waals surface area contributed by atoms with Crippen LogP contribution in [-0.4, -0.2) is 31.7 Å². The van der Waals surface area contributed by atoms with Crippen molar-refractivity contribution in [3.05, 3.63) is 53.6 Å². The number of nitrogens with one attached hydrogen (secondary N) is 1. The second-order valence-electron chi connectivity index (χ2n) is 5.75. The molecule has 1 N–H and O–H groups in total. The fourth-order valence-electron chi connectivity index (χ4n) is 2.41. The van der Waals surface area contributed by atoms with E-state index in [0.717, 1.165) is 11.1 Å². The number of hydrogen-bond acceptors (Lipinski definition) is 5. The van der Waals surface area contributed by atoms with Crippen LogP contribution in [0.3, 0.4) is 0 Å². The summed E-state index contributed by atoms with van der Waals surface area (Å²) in [6, 6.07) is 12.7. The first-order chi connectivity index (χ1) is 12.5. The minimum atomic E-state index is -0.633. The number of para-hydroxylation sites is 2. The summed E-state index contributed by atoms with van der Waals surface area (Å²) in [6.45, 7) is 5.56. The maximum Gasteiger partial charge on any atom is 0.344 e. The fraction of sp³-hybridized carbons (Fsp3) is 0.300. The van der Waals surface area contributed by atoms with Crippen molar-refractivity contribution in [1.29, 1.82) is 0 Å². The standard InChI is InChI=1S/C20H23NO5/c1-4-24-17-7-5-6-8-18(17)25-13-20(23)26-12-19(22)21-16-10-14(2)9-15(3)11-16/h5-11H,4,12-13H2,1-3H3,(H,21,22). The molecule has 1 amide bonds. The van der Waals surface area contributed by atoms with Gasteiger partial charge in [-0.25, -0.2) is 4.79 Å². The lowest BCUT2D eigenvalue weighted by atomic mass is 10.1. The van der Waals surface area contributed by atoms with Crippen LogP contribution in [0, 0.1) is 13.8 Å². The van der Waals surface area contributed by atoms with Crippen molar-refractivity contribution >= 4 is 17.6 Å². The normalized spacial score (nSPS) is 10.1. The van der Waals surface area contributed by atoms with E-state index < -0.39 is 11.9 Å². The Kier molecular flexibility index (Phi) is 7.02. The molecule has 0 saturated heterocycles. The van der Waals surface area contributed by atoms with E-state index in [0.29, 0.717) is 23.8 Å². The van der Waals surface area contributed by atoms with E-state index in [2.05, 4.69) is 5.32 Å². The molecule has 0 heterocycles. The molecule has 0 aliphatic rings. The number of carbonyl (C=O) groups excluding carboxylic acids is 2. The molecule has 0 saturated carbocycles. The Morgan fingerprint density at radius 3 is 2.15 bits per heavy atom. The number of benzene rings is 2. The van der Waals surface area contributed by atoms with Gasteiger partial charge in [0, 0.05) is 5.69 Å². The van der Waals surface area contributed by atoms with Crippen molar-refractivity contribution < 1.29 is 23.8 Å². The van der Waals surface area contributed by atoms with Crippen LogP contribution in [-0.2, 0) is 14.3 Å². The van der Waals surface area contributed by atoms with E-state index in [4.69, 9.17) is 14.2 Å². The monoisotopic (exact) mass is 357 g/mol. The Hall–Kier alpha value is -3.02. The quantitative estimate of drug-likeness (QED) is 0.734. The van der Waals surface area contributed by atoms with Crippen molar-refractivity contribution in [1.82, 2.24) is 0 Å². The first-order valence-electron chi connectivity index (χ1n) is 8.36. The van der Waals surface area contributed by atoms with Crippen molar-refractivity contribution in [2.45, 2.75) is 20.8 Å². The zero-order valence-electron chi connectivity index (χ0n) is 15.2. The Labute approximate surface area is 153 Å². The minimum absolute atomic E-state index is 0.305. The van der Waals surface area contributed by atoms with Gasteiger partial charge in [-0.05, 0) is 56.2 Å². The van der Waals surface area contributed by atoms with Crippen LogP contribution < -0.4 is 14.8 Å². The highest BCUT2D eigenvalue weighted by Crippen LogP contribution is 2.26. The van der Waals surface area contributed by atoms with Crippen molar-refractivity contribution in [3.8, 4) is 11.5 Å². The third-order valence-electron chi connectivity index (χ3n) is 3.36.